The highest BCUT2D eigenvalue weighted by atomic mass is 35.5. The Morgan fingerprint density at radius 2 is 2.16 bits per heavy atom. The van der Waals surface area contributed by atoms with Crippen molar-refractivity contribution in [3.63, 3.8) is 0 Å². The second-order valence-corrected chi connectivity index (χ2v) is 6.91. The van der Waals surface area contributed by atoms with Gasteiger partial charge in [-0.3, -0.25) is 9.59 Å². The molecule has 1 unspecified atom stereocenters. The third kappa shape index (κ3) is 4.95. The van der Waals surface area contributed by atoms with Crippen molar-refractivity contribution in [3.8, 4) is 0 Å². The number of nitrogens with one attached hydrogen (secondary N) is 2. The lowest BCUT2D eigenvalue weighted by Crippen LogP contribution is -2.51. The van der Waals surface area contributed by atoms with Gasteiger partial charge in [-0.2, -0.15) is 0 Å². The number of rotatable bonds is 4. The van der Waals surface area contributed by atoms with Gasteiger partial charge in [-0.1, -0.05) is 29.8 Å². The van der Waals surface area contributed by atoms with Crippen LogP contribution < -0.4 is 10.6 Å². The van der Waals surface area contributed by atoms with Crippen molar-refractivity contribution in [2.45, 2.75) is 6.04 Å². The summed E-state index contributed by atoms with van der Waals surface area (Å²) < 4.78 is 0. The Bertz CT molecular complexity index is 724. The molecule has 2 amide bonds. The predicted octanol–water partition coefficient (Wildman–Crippen LogP) is 2.73. The maximum atomic E-state index is 12.6. The van der Waals surface area contributed by atoms with Crippen molar-refractivity contribution in [1.82, 2.24) is 15.5 Å². The summed E-state index contributed by atoms with van der Waals surface area (Å²) in [7, 11) is 0. The number of carbonyl (C=O) groups is 2. The highest BCUT2D eigenvalue weighted by Crippen LogP contribution is 2.24. The smallest absolute Gasteiger partial charge is 0.261 e. The molecule has 5 nitrogen and oxygen atoms in total. The Balaban J connectivity index is 0.00000225. The van der Waals surface area contributed by atoms with Gasteiger partial charge in [0.2, 0.25) is 5.91 Å². The van der Waals surface area contributed by atoms with Crippen LogP contribution in [0.1, 0.15) is 21.3 Å². The highest BCUT2D eigenvalue weighted by molar-refractivity contribution is 7.12. The number of carbonyl (C=O) groups excluding carboxylic acids is 2. The predicted molar refractivity (Wildman–Crippen MR) is 103 cm³/mol. The number of thiophene rings is 1. The number of nitrogens with zero attached hydrogens (tertiary/aromatic N) is 1. The van der Waals surface area contributed by atoms with E-state index >= 15 is 0 Å². The maximum absolute atomic E-state index is 12.6. The van der Waals surface area contributed by atoms with E-state index in [4.69, 9.17) is 11.6 Å². The van der Waals surface area contributed by atoms with E-state index in [9.17, 15) is 9.59 Å². The maximum Gasteiger partial charge on any atom is 0.261 e. The largest absolute Gasteiger partial charge is 0.342 e. The number of halogens is 2. The molecule has 2 N–H and O–H groups in total. The number of piperazine rings is 1. The summed E-state index contributed by atoms with van der Waals surface area (Å²) in [6.07, 6.45) is 0. The molecule has 0 radical (unpaired) electrons. The number of amides is 2. The molecule has 2 heterocycles. The van der Waals surface area contributed by atoms with Crippen LogP contribution >= 0.6 is 35.3 Å². The van der Waals surface area contributed by atoms with Gasteiger partial charge in [-0.25, -0.2) is 0 Å². The number of benzene rings is 1. The van der Waals surface area contributed by atoms with E-state index < -0.39 is 0 Å². The first-order chi connectivity index (χ1) is 11.6. The summed E-state index contributed by atoms with van der Waals surface area (Å²) in [5, 5.41) is 8.49. The van der Waals surface area contributed by atoms with Crippen LogP contribution in [0.4, 0.5) is 0 Å². The van der Waals surface area contributed by atoms with Gasteiger partial charge in [0.25, 0.3) is 5.91 Å². The zero-order valence-electron chi connectivity index (χ0n) is 13.4. The van der Waals surface area contributed by atoms with Gasteiger partial charge in [-0.05, 0) is 29.1 Å². The van der Waals surface area contributed by atoms with Crippen molar-refractivity contribution in [1.29, 1.82) is 0 Å². The van der Waals surface area contributed by atoms with Crippen molar-refractivity contribution in [2.75, 3.05) is 26.2 Å². The topological polar surface area (TPSA) is 61.4 Å². The van der Waals surface area contributed by atoms with Gasteiger partial charge in [0.05, 0.1) is 17.5 Å². The van der Waals surface area contributed by atoms with E-state index in [0.29, 0.717) is 23.0 Å². The minimum absolute atomic E-state index is 0. The third-order valence-electron chi connectivity index (χ3n) is 3.94. The van der Waals surface area contributed by atoms with E-state index in [1.165, 1.54) is 11.3 Å². The lowest BCUT2D eigenvalue weighted by Gasteiger charge is -2.36. The Hall–Kier alpha value is -1.60. The van der Waals surface area contributed by atoms with E-state index in [0.717, 1.165) is 12.1 Å². The Labute approximate surface area is 161 Å². The summed E-state index contributed by atoms with van der Waals surface area (Å²) in [5.41, 5.74) is 0.993. The zero-order chi connectivity index (χ0) is 16.9. The van der Waals surface area contributed by atoms with Crippen LogP contribution in [-0.4, -0.2) is 42.9 Å². The molecule has 1 aromatic carbocycles. The normalized spacial score (nSPS) is 16.8. The molecule has 1 aromatic heterocycles. The molecule has 0 spiro atoms. The van der Waals surface area contributed by atoms with Crippen molar-refractivity contribution in [3.05, 3.63) is 57.2 Å². The standard InChI is InChI=1S/C17H18ClN3O2S.ClH/c18-13-4-1-3-12(9-13)14-10-19-6-7-21(14)16(22)11-20-17(23)15-5-2-8-24-15;/h1-5,8-9,14,19H,6-7,10-11H2,(H,20,23);1H. The highest BCUT2D eigenvalue weighted by Gasteiger charge is 2.28. The van der Waals surface area contributed by atoms with Crippen molar-refractivity contribution >= 4 is 47.2 Å². The lowest BCUT2D eigenvalue weighted by atomic mass is 10.0. The second kappa shape index (κ2) is 9.20. The summed E-state index contributed by atoms with van der Waals surface area (Å²) in [5.74, 6) is -0.306. The van der Waals surface area contributed by atoms with Crippen LogP contribution in [0.5, 0.6) is 0 Å². The molecule has 0 aliphatic carbocycles. The van der Waals surface area contributed by atoms with Crippen LogP contribution in [-0.2, 0) is 4.79 Å². The molecule has 1 aliphatic heterocycles. The van der Waals surface area contributed by atoms with Crippen LogP contribution in [0.2, 0.25) is 5.02 Å². The number of hydrogen-bond donors (Lipinski definition) is 2. The molecule has 0 saturated carbocycles. The van der Waals surface area contributed by atoms with E-state index in [1.807, 2.05) is 35.7 Å². The molecule has 1 fully saturated rings. The quantitative estimate of drug-likeness (QED) is 0.830. The van der Waals surface area contributed by atoms with Gasteiger partial charge < -0.3 is 15.5 Å². The molecule has 3 rings (SSSR count). The van der Waals surface area contributed by atoms with Crippen molar-refractivity contribution in [2.24, 2.45) is 0 Å². The Morgan fingerprint density at radius 3 is 2.88 bits per heavy atom. The molecule has 1 atom stereocenters. The molecule has 1 saturated heterocycles. The van der Waals surface area contributed by atoms with Crippen LogP contribution in [0.15, 0.2) is 41.8 Å². The van der Waals surface area contributed by atoms with E-state index in [1.54, 1.807) is 11.0 Å². The summed E-state index contributed by atoms with van der Waals surface area (Å²) in [6.45, 7) is 2.01. The average molecular weight is 400 g/mol. The van der Waals surface area contributed by atoms with Gasteiger partial charge >= 0.3 is 0 Å². The average Bonchev–Trinajstić information content (AvgIpc) is 3.14. The first-order valence-electron chi connectivity index (χ1n) is 7.72. The third-order valence-corrected chi connectivity index (χ3v) is 5.05. The fourth-order valence-corrected chi connectivity index (χ4v) is 3.61. The Morgan fingerprint density at radius 1 is 1.32 bits per heavy atom. The van der Waals surface area contributed by atoms with E-state index in [2.05, 4.69) is 10.6 Å². The van der Waals surface area contributed by atoms with Gasteiger partial charge in [0.15, 0.2) is 0 Å². The summed E-state index contributed by atoms with van der Waals surface area (Å²) in [6, 6.07) is 11.0. The first kappa shape index (κ1) is 19.7. The lowest BCUT2D eigenvalue weighted by molar-refractivity contribution is -0.133. The summed E-state index contributed by atoms with van der Waals surface area (Å²) in [4.78, 5) is 27.0. The molecule has 2 aromatic rings. The summed E-state index contributed by atoms with van der Waals surface area (Å²) >= 11 is 7.43. The fourth-order valence-electron chi connectivity index (χ4n) is 2.77. The van der Waals surface area contributed by atoms with Crippen LogP contribution in [0, 0.1) is 0 Å². The molecular formula is C17H19Cl2N3O2S. The second-order valence-electron chi connectivity index (χ2n) is 5.52. The SMILES string of the molecule is Cl.O=C(NCC(=O)N1CCNCC1c1cccc(Cl)c1)c1cccs1. The molecule has 1 aliphatic rings. The van der Waals surface area contributed by atoms with Crippen molar-refractivity contribution < 1.29 is 9.59 Å². The minimum atomic E-state index is -0.215. The number of hydrogen-bond acceptors (Lipinski definition) is 4. The van der Waals surface area contributed by atoms with Gasteiger partial charge in [0, 0.05) is 24.7 Å². The monoisotopic (exact) mass is 399 g/mol. The van der Waals surface area contributed by atoms with Gasteiger partial charge in [0.1, 0.15) is 0 Å². The molecule has 0 bridgehead atoms. The van der Waals surface area contributed by atoms with Crippen LogP contribution in [0.25, 0.3) is 0 Å². The molecule has 8 heteroatoms. The molecule has 25 heavy (non-hydrogen) atoms. The zero-order valence-corrected chi connectivity index (χ0v) is 15.8. The first-order valence-corrected chi connectivity index (χ1v) is 8.98. The molecular weight excluding hydrogens is 381 g/mol. The molecule has 134 valence electrons. The van der Waals surface area contributed by atoms with Crippen LogP contribution in [0.3, 0.4) is 0 Å². The Kier molecular flexibility index (Phi) is 7.25. The van der Waals surface area contributed by atoms with E-state index in [-0.39, 0.29) is 36.8 Å². The minimum Gasteiger partial charge on any atom is -0.342 e. The van der Waals surface area contributed by atoms with Gasteiger partial charge in [-0.15, -0.1) is 23.7 Å². The fraction of sp³-hybridized carbons (Fsp3) is 0.294.